The Labute approximate surface area is 200 Å². The number of hydrogen-bond acceptors (Lipinski definition) is 6. The maximum absolute atomic E-state index is 12.8. The first-order valence-electron chi connectivity index (χ1n) is 11.6. The number of β-amino-alcohol motifs (C(OH)–C–C–N with tert-alkyl or cyclic N) is 1. The van der Waals surface area contributed by atoms with Crippen molar-refractivity contribution in [1.29, 1.82) is 0 Å². The molecule has 2 heterocycles. The number of piperazine rings is 1. The van der Waals surface area contributed by atoms with Gasteiger partial charge in [-0.25, -0.2) is 0 Å². The standard InChI is InChI=1S/C27H33N3O4/c1-28-12-14-29(15-13-28)18-22(31)19-30-17-21(23-6-4-5-7-24(23)30)8-10-25(32)20-9-11-26(33-2)27(16-20)34-3/h4-11,16-17,22,31H,12-15,18-19H2,1-3H3/b10-8+. The molecule has 7 heteroatoms. The first kappa shape index (κ1) is 24.0. The highest BCUT2D eigenvalue weighted by molar-refractivity contribution is 6.08. The first-order chi connectivity index (χ1) is 16.5. The number of likely N-dealkylation sites (N-methyl/N-ethyl adjacent to an activating group) is 1. The third-order valence-corrected chi connectivity index (χ3v) is 6.37. The van der Waals surface area contributed by atoms with Crippen LogP contribution in [-0.2, 0) is 6.54 Å². The predicted molar refractivity (Wildman–Crippen MR) is 135 cm³/mol. The Bertz CT molecular complexity index is 1160. The van der Waals surface area contributed by atoms with Crippen molar-refractivity contribution in [3.05, 3.63) is 65.9 Å². The summed E-state index contributed by atoms with van der Waals surface area (Å²) in [7, 11) is 5.25. The number of nitrogens with zero attached hydrogens (tertiary/aromatic N) is 3. The average Bonchev–Trinajstić information content (AvgIpc) is 3.20. The molecule has 1 unspecified atom stereocenters. The van der Waals surface area contributed by atoms with Crippen molar-refractivity contribution in [2.45, 2.75) is 12.6 Å². The molecule has 1 N–H and O–H groups in total. The number of fused-ring (bicyclic) bond motifs is 1. The Morgan fingerprint density at radius 3 is 2.50 bits per heavy atom. The minimum atomic E-state index is -0.468. The highest BCUT2D eigenvalue weighted by atomic mass is 16.5. The molecule has 4 rings (SSSR count). The van der Waals surface area contributed by atoms with Gasteiger partial charge in [-0.15, -0.1) is 0 Å². The summed E-state index contributed by atoms with van der Waals surface area (Å²) in [6.45, 7) is 5.18. The van der Waals surface area contributed by atoms with Crippen LogP contribution in [0.2, 0.25) is 0 Å². The molecule has 1 aliphatic heterocycles. The molecule has 0 spiro atoms. The molecule has 0 amide bonds. The molecule has 0 aliphatic carbocycles. The van der Waals surface area contributed by atoms with Crippen LogP contribution in [0.3, 0.4) is 0 Å². The van der Waals surface area contributed by atoms with E-state index in [1.54, 1.807) is 38.5 Å². The molecule has 0 bridgehead atoms. The Hall–Kier alpha value is -3.13. The van der Waals surface area contributed by atoms with Gasteiger partial charge in [0.25, 0.3) is 0 Å². The summed E-state index contributed by atoms with van der Waals surface area (Å²) in [5.41, 5.74) is 2.51. The number of ether oxygens (including phenoxy) is 2. The van der Waals surface area contributed by atoms with Crippen LogP contribution in [0, 0.1) is 0 Å². The van der Waals surface area contributed by atoms with Gasteiger partial charge in [-0.2, -0.15) is 0 Å². The third kappa shape index (κ3) is 5.50. The predicted octanol–water partition coefficient (Wildman–Crippen LogP) is 3.16. The summed E-state index contributed by atoms with van der Waals surface area (Å²) in [5.74, 6) is 0.988. The van der Waals surface area contributed by atoms with E-state index in [1.807, 2.05) is 36.5 Å². The number of rotatable bonds is 9. The fourth-order valence-corrected chi connectivity index (χ4v) is 4.42. The second-order valence-corrected chi connectivity index (χ2v) is 8.78. The van der Waals surface area contributed by atoms with E-state index in [0.29, 0.717) is 30.2 Å². The second kappa shape index (κ2) is 10.9. The van der Waals surface area contributed by atoms with E-state index in [-0.39, 0.29) is 5.78 Å². The summed E-state index contributed by atoms with van der Waals surface area (Å²) < 4.78 is 12.6. The maximum atomic E-state index is 12.8. The molecule has 3 aromatic rings. The van der Waals surface area contributed by atoms with E-state index in [0.717, 1.165) is 42.6 Å². The number of carbonyl (C=O) groups is 1. The Morgan fingerprint density at radius 2 is 1.76 bits per heavy atom. The summed E-state index contributed by atoms with van der Waals surface area (Å²) >= 11 is 0. The smallest absolute Gasteiger partial charge is 0.185 e. The van der Waals surface area contributed by atoms with E-state index in [9.17, 15) is 9.90 Å². The summed E-state index contributed by atoms with van der Waals surface area (Å²) in [6.07, 6.45) is 4.96. The number of ketones is 1. The van der Waals surface area contributed by atoms with Gasteiger partial charge >= 0.3 is 0 Å². The molecular weight excluding hydrogens is 430 g/mol. The number of allylic oxidation sites excluding steroid dienone is 1. The lowest BCUT2D eigenvalue weighted by Crippen LogP contribution is -2.47. The number of aliphatic hydroxyl groups is 1. The first-order valence-corrected chi connectivity index (χ1v) is 11.6. The van der Waals surface area contributed by atoms with E-state index >= 15 is 0 Å². The van der Waals surface area contributed by atoms with Gasteiger partial charge in [0.15, 0.2) is 17.3 Å². The van der Waals surface area contributed by atoms with Crippen molar-refractivity contribution < 1.29 is 19.4 Å². The molecule has 1 atom stereocenters. The number of benzene rings is 2. The zero-order valence-electron chi connectivity index (χ0n) is 20.1. The van der Waals surface area contributed by atoms with Gasteiger partial charge in [-0.05, 0) is 43.5 Å². The lowest BCUT2D eigenvalue weighted by Gasteiger charge is -2.33. The lowest BCUT2D eigenvalue weighted by atomic mass is 10.1. The fourth-order valence-electron chi connectivity index (χ4n) is 4.42. The number of aromatic nitrogens is 1. The topological polar surface area (TPSA) is 67.2 Å². The minimum absolute atomic E-state index is 0.118. The van der Waals surface area contributed by atoms with Crippen LogP contribution in [0.4, 0.5) is 0 Å². The molecule has 34 heavy (non-hydrogen) atoms. The van der Waals surface area contributed by atoms with Gasteiger partial charge in [0.2, 0.25) is 0 Å². The second-order valence-electron chi connectivity index (χ2n) is 8.78. The molecule has 1 aliphatic rings. The van der Waals surface area contributed by atoms with Gasteiger partial charge in [-0.1, -0.05) is 18.2 Å². The average molecular weight is 464 g/mol. The van der Waals surface area contributed by atoms with Crippen LogP contribution >= 0.6 is 0 Å². The van der Waals surface area contributed by atoms with Crippen molar-refractivity contribution in [2.24, 2.45) is 0 Å². The fraction of sp³-hybridized carbons (Fsp3) is 0.370. The van der Waals surface area contributed by atoms with E-state index in [2.05, 4.69) is 21.4 Å². The van der Waals surface area contributed by atoms with Crippen LogP contribution in [0.15, 0.2) is 54.7 Å². The largest absolute Gasteiger partial charge is 0.493 e. The van der Waals surface area contributed by atoms with Crippen LogP contribution in [0.25, 0.3) is 17.0 Å². The number of methoxy groups -OCH3 is 2. The van der Waals surface area contributed by atoms with Crippen molar-refractivity contribution >= 4 is 22.8 Å². The normalized spacial score (nSPS) is 16.2. The lowest BCUT2D eigenvalue weighted by molar-refractivity contribution is 0.0717. The van der Waals surface area contributed by atoms with Crippen molar-refractivity contribution in [3.63, 3.8) is 0 Å². The quantitative estimate of drug-likeness (QED) is 0.388. The number of para-hydroxylation sites is 1. The highest BCUT2D eigenvalue weighted by Crippen LogP contribution is 2.28. The number of carbonyl (C=O) groups excluding carboxylic acids is 1. The highest BCUT2D eigenvalue weighted by Gasteiger charge is 2.18. The number of hydrogen-bond donors (Lipinski definition) is 1. The van der Waals surface area contributed by atoms with E-state index in [1.165, 1.54) is 0 Å². The zero-order chi connectivity index (χ0) is 24.1. The molecular formula is C27H33N3O4. The summed E-state index contributed by atoms with van der Waals surface area (Å²) in [6, 6.07) is 13.2. The molecule has 1 saturated heterocycles. The molecule has 2 aromatic carbocycles. The minimum Gasteiger partial charge on any atom is -0.493 e. The Balaban J connectivity index is 1.50. The Morgan fingerprint density at radius 1 is 1.03 bits per heavy atom. The zero-order valence-corrected chi connectivity index (χ0v) is 20.1. The molecule has 1 aromatic heterocycles. The molecule has 180 valence electrons. The van der Waals surface area contributed by atoms with Gasteiger partial charge in [-0.3, -0.25) is 9.69 Å². The van der Waals surface area contributed by atoms with Crippen LogP contribution < -0.4 is 9.47 Å². The van der Waals surface area contributed by atoms with Crippen LogP contribution in [-0.4, -0.2) is 85.4 Å². The van der Waals surface area contributed by atoms with Crippen molar-refractivity contribution in [2.75, 3.05) is 54.0 Å². The van der Waals surface area contributed by atoms with Gasteiger partial charge in [0, 0.05) is 67.5 Å². The van der Waals surface area contributed by atoms with Crippen LogP contribution in [0.5, 0.6) is 11.5 Å². The molecule has 7 nitrogen and oxygen atoms in total. The molecule has 0 saturated carbocycles. The number of aliphatic hydroxyl groups excluding tert-OH is 1. The molecule has 1 fully saturated rings. The van der Waals surface area contributed by atoms with E-state index < -0.39 is 6.10 Å². The SMILES string of the molecule is COc1ccc(C(=O)/C=C/c2cn(CC(O)CN3CCN(C)CC3)c3ccccc23)cc1OC. The van der Waals surface area contributed by atoms with Gasteiger partial charge in [0.1, 0.15) is 0 Å². The van der Waals surface area contributed by atoms with E-state index in [4.69, 9.17) is 9.47 Å². The summed E-state index contributed by atoms with van der Waals surface area (Å²) in [4.78, 5) is 17.4. The molecule has 0 radical (unpaired) electrons. The van der Waals surface area contributed by atoms with Crippen molar-refractivity contribution in [3.8, 4) is 11.5 Å². The maximum Gasteiger partial charge on any atom is 0.185 e. The summed E-state index contributed by atoms with van der Waals surface area (Å²) in [5, 5.41) is 11.8. The van der Waals surface area contributed by atoms with Crippen molar-refractivity contribution in [1.82, 2.24) is 14.4 Å². The Kier molecular flexibility index (Phi) is 7.67. The van der Waals surface area contributed by atoms with Gasteiger partial charge in [0.05, 0.1) is 20.3 Å². The van der Waals surface area contributed by atoms with Gasteiger partial charge < -0.3 is 24.0 Å². The van der Waals surface area contributed by atoms with Crippen LogP contribution in [0.1, 0.15) is 15.9 Å². The third-order valence-electron chi connectivity index (χ3n) is 6.37. The monoisotopic (exact) mass is 463 g/mol.